The van der Waals surface area contributed by atoms with E-state index in [0.29, 0.717) is 5.56 Å². The van der Waals surface area contributed by atoms with Crippen molar-refractivity contribution >= 4 is 16.8 Å². The maximum Gasteiger partial charge on any atom is 0.254 e. The first kappa shape index (κ1) is 18.6. The molecule has 1 aliphatic rings. The first-order valence-electron chi connectivity index (χ1n) is 9.89. The number of carbonyl (C=O) groups is 1. The number of fused-ring (bicyclic) bond motifs is 1. The van der Waals surface area contributed by atoms with Crippen LogP contribution >= 0.6 is 0 Å². The normalized spacial score (nSPS) is 15.1. The molecule has 5 nitrogen and oxygen atoms in total. The molecule has 1 fully saturated rings. The van der Waals surface area contributed by atoms with Crippen molar-refractivity contribution in [2.45, 2.75) is 32.8 Å². The number of hydrogen-bond donors (Lipinski definition) is 0. The van der Waals surface area contributed by atoms with Gasteiger partial charge >= 0.3 is 0 Å². The molecule has 5 heteroatoms. The quantitative estimate of drug-likeness (QED) is 0.684. The van der Waals surface area contributed by atoms with Gasteiger partial charge in [-0.15, -0.1) is 0 Å². The molecule has 4 rings (SSSR count). The van der Waals surface area contributed by atoms with Crippen LogP contribution in [0, 0.1) is 6.92 Å². The molecule has 0 atom stereocenters. The lowest BCUT2D eigenvalue weighted by atomic mass is 10.0. The van der Waals surface area contributed by atoms with E-state index in [1.165, 1.54) is 0 Å². The summed E-state index contributed by atoms with van der Waals surface area (Å²) < 4.78 is 5.72. The fourth-order valence-electron chi connectivity index (χ4n) is 3.79. The summed E-state index contributed by atoms with van der Waals surface area (Å²) in [6, 6.07) is 13.7. The van der Waals surface area contributed by atoms with E-state index in [0.717, 1.165) is 60.4 Å². The van der Waals surface area contributed by atoms with Gasteiger partial charge in [-0.05, 0) is 57.0 Å². The standard InChI is InChI=1S/C23H25N3O2/c1-3-28-17-9-12-26(13-10-17)23(27)19-15-22(21-6-4-5-11-24-21)25-20-8-7-16(2)14-18(19)20/h4-8,11,14-15,17H,3,9-10,12-13H2,1-2H3. The van der Waals surface area contributed by atoms with Crippen LogP contribution in [0.1, 0.15) is 35.7 Å². The number of rotatable bonds is 4. The minimum absolute atomic E-state index is 0.0603. The van der Waals surface area contributed by atoms with Crippen LogP contribution in [0.2, 0.25) is 0 Å². The zero-order valence-corrected chi connectivity index (χ0v) is 16.4. The predicted molar refractivity (Wildman–Crippen MR) is 110 cm³/mol. The van der Waals surface area contributed by atoms with Crippen LogP contribution in [0.5, 0.6) is 0 Å². The summed E-state index contributed by atoms with van der Waals surface area (Å²) in [6.45, 7) is 6.21. The lowest BCUT2D eigenvalue weighted by molar-refractivity contribution is 0.0146. The largest absolute Gasteiger partial charge is 0.378 e. The van der Waals surface area contributed by atoms with Crippen molar-refractivity contribution in [1.29, 1.82) is 0 Å². The third kappa shape index (κ3) is 3.76. The van der Waals surface area contributed by atoms with E-state index in [1.54, 1.807) is 6.20 Å². The lowest BCUT2D eigenvalue weighted by Crippen LogP contribution is -2.41. The highest BCUT2D eigenvalue weighted by atomic mass is 16.5. The van der Waals surface area contributed by atoms with Gasteiger partial charge in [0.2, 0.25) is 0 Å². The van der Waals surface area contributed by atoms with Crippen LogP contribution in [0.15, 0.2) is 48.7 Å². The Morgan fingerprint density at radius 3 is 2.68 bits per heavy atom. The molecule has 0 bridgehead atoms. The summed E-state index contributed by atoms with van der Waals surface area (Å²) in [7, 11) is 0. The average Bonchev–Trinajstić information content (AvgIpc) is 2.74. The number of aromatic nitrogens is 2. The number of hydrogen-bond acceptors (Lipinski definition) is 4. The second-order valence-electron chi connectivity index (χ2n) is 7.24. The van der Waals surface area contributed by atoms with E-state index in [-0.39, 0.29) is 12.0 Å². The first-order valence-corrected chi connectivity index (χ1v) is 9.89. The number of carbonyl (C=O) groups excluding carboxylic acids is 1. The number of likely N-dealkylation sites (tertiary alicyclic amines) is 1. The highest BCUT2D eigenvalue weighted by Gasteiger charge is 2.25. The Hall–Kier alpha value is -2.79. The fraction of sp³-hybridized carbons (Fsp3) is 0.348. The fourth-order valence-corrected chi connectivity index (χ4v) is 3.79. The molecule has 0 aliphatic carbocycles. The molecule has 0 saturated carbocycles. The van der Waals surface area contributed by atoms with E-state index in [4.69, 9.17) is 9.72 Å². The molecule has 3 aromatic rings. The monoisotopic (exact) mass is 375 g/mol. The highest BCUT2D eigenvalue weighted by Crippen LogP contribution is 2.27. The van der Waals surface area contributed by atoms with Gasteiger partial charge in [0.15, 0.2) is 0 Å². The van der Waals surface area contributed by atoms with Crippen molar-refractivity contribution in [3.63, 3.8) is 0 Å². The maximum atomic E-state index is 13.4. The Bertz CT molecular complexity index is 980. The number of aryl methyl sites for hydroxylation is 1. The summed E-state index contributed by atoms with van der Waals surface area (Å²) in [5.41, 5.74) is 4.13. The van der Waals surface area contributed by atoms with E-state index < -0.39 is 0 Å². The number of nitrogens with zero attached hydrogens (tertiary/aromatic N) is 3. The Balaban J connectivity index is 1.72. The first-order chi connectivity index (χ1) is 13.7. The van der Waals surface area contributed by atoms with Gasteiger partial charge in [-0.2, -0.15) is 0 Å². The molecule has 2 aromatic heterocycles. The highest BCUT2D eigenvalue weighted by molar-refractivity contribution is 6.07. The van der Waals surface area contributed by atoms with Gasteiger partial charge in [0.1, 0.15) is 0 Å². The van der Waals surface area contributed by atoms with Gasteiger partial charge in [-0.1, -0.05) is 17.7 Å². The van der Waals surface area contributed by atoms with Crippen molar-refractivity contribution < 1.29 is 9.53 Å². The van der Waals surface area contributed by atoms with E-state index in [9.17, 15) is 4.79 Å². The third-order valence-corrected chi connectivity index (χ3v) is 5.25. The van der Waals surface area contributed by atoms with Gasteiger partial charge in [0.25, 0.3) is 5.91 Å². The van der Waals surface area contributed by atoms with Crippen LogP contribution in [0.3, 0.4) is 0 Å². The smallest absolute Gasteiger partial charge is 0.254 e. The van der Waals surface area contributed by atoms with Crippen molar-refractivity contribution in [2.75, 3.05) is 19.7 Å². The minimum Gasteiger partial charge on any atom is -0.378 e. The van der Waals surface area contributed by atoms with Gasteiger partial charge in [-0.25, -0.2) is 4.98 Å². The minimum atomic E-state index is 0.0603. The van der Waals surface area contributed by atoms with Gasteiger partial charge < -0.3 is 9.64 Å². The summed E-state index contributed by atoms with van der Waals surface area (Å²) in [5.74, 6) is 0.0603. The van der Waals surface area contributed by atoms with E-state index in [1.807, 2.05) is 61.2 Å². The SMILES string of the molecule is CCOC1CCN(C(=O)c2cc(-c3ccccn3)nc3ccc(C)cc23)CC1. The van der Waals surface area contributed by atoms with Crippen molar-refractivity contribution in [1.82, 2.24) is 14.9 Å². The Labute approximate surface area is 165 Å². The number of ether oxygens (including phenoxy) is 1. The molecule has 3 heterocycles. The third-order valence-electron chi connectivity index (χ3n) is 5.25. The molecule has 0 N–H and O–H groups in total. The van der Waals surface area contributed by atoms with E-state index in [2.05, 4.69) is 4.98 Å². The Morgan fingerprint density at radius 2 is 1.96 bits per heavy atom. The molecule has 1 aromatic carbocycles. The molecule has 0 spiro atoms. The van der Waals surface area contributed by atoms with E-state index >= 15 is 0 Å². The van der Waals surface area contributed by atoms with Crippen LogP contribution in [-0.2, 0) is 4.74 Å². The number of piperidine rings is 1. The lowest BCUT2D eigenvalue weighted by Gasteiger charge is -2.32. The van der Waals surface area contributed by atoms with Crippen LogP contribution in [0.4, 0.5) is 0 Å². The summed E-state index contributed by atoms with van der Waals surface area (Å²) in [5, 5.41) is 0.900. The zero-order valence-electron chi connectivity index (χ0n) is 16.4. The van der Waals surface area contributed by atoms with Gasteiger partial charge in [0, 0.05) is 31.3 Å². The molecular formula is C23H25N3O2. The maximum absolute atomic E-state index is 13.4. The predicted octanol–water partition coefficient (Wildman–Crippen LogP) is 4.25. The van der Waals surface area contributed by atoms with Crippen LogP contribution in [0.25, 0.3) is 22.3 Å². The average molecular weight is 375 g/mol. The second-order valence-corrected chi connectivity index (χ2v) is 7.24. The van der Waals surface area contributed by atoms with Crippen LogP contribution < -0.4 is 0 Å². The second kappa shape index (κ2) is 8.07. The van der Waals surface area contributed by atoms with Crippen molar-refractivity contribution in [3.05, 3.63) is 59.8 Å². The molecule has 1 amide bonds. The zero-order chi connectivity index (χ0) is 19.5. The molecule has 28 heavy (non-hydrogen) atoms. The molecule has 1 aliphatic heterocycles. The van der Waals surface area contributed by atoms with Gasteiger partial charge in [0.05, 0.1) is 28.6 Å². The van der Waals surface area contributed by atoms with Gasteiger partial charge in [-0.3, -0.25) is 9.78 Å². The number of amides is 1. The molecule has 144 valence electrons. The Morgan fingerprint density at radius 1 is 1.14 bits per heavy atom. The molecule has 1 saturated heterocycles. The summed E-state index contributed by atoms with van der Waals surface area (Å²) in [6.07, 6.45) is 3.77. The van der Waals surface area contributed by atoms with Crippen molar-refractivity contribution in [2.24, 2.45) is 0 Å². The Kier molecular flexibility index (Phi) is 5.35. The van der Waals surface area contributed by atoms with Crippen molar-refractivity contribution in [3.8, 4) is 11.4 Å². The number of pyridine rings is 2. The summed E-state index contributed by atoms with van der Waals surface area (Å²) in [4.78, 5) is 24.5. The summed E-state index contributed by atoms with van der Waals surface area (Å²) >= 11 is 0. The molecule has 0 radical (unpaired) electrons. The topological polar surface area (TPSA) is 55.3 Å². The van der Waals surface area contributed by atoms with Crippen LogP contribution in [-0.4, -0.2) is 46.6 Å². The number of benzene rings is 1. The molecular weight excluding hydrogens is 350 g/mol. The molecule has 0 unspecified atom stereocenters.